The van der Waals surface area contributed by atoms with Gasteiger partial charge in [0.05, 0.1) is 13.7 Å². The van der Waals surface area contributed by atoms with Crippen molar-refractivity contribution in [1.82, 2.24) is 15.5 Å². The summed E-state index contributed by atoms with van der Waals surface area (Å²) in [5.41, 5.74) is 3.82. The van der Waals surface area contributed by atoms with Crippen LogP contribution in [0.5, 0.6) is 5.75 Å². The molecule has 0 radical (unpaired) electrons. The Morgan fingerprint density at radius 3 is 2.17 bits per heavy atom. The third-order valence-electron chi connectivity index (χ3n) is 5.01. The quantitative estimate of drug-likeness (QED) is 0.320. The molecule has 0 unspecified atom stereocenters. The molecular formula is C23H33IN4O. The molecule has 0 bridgehead atoms. The molecule has 2 aromatic carbocycles. The molecule has 29 heavy (non-hydrogen) atoms. The molecule has 2 N–H and O–H groups in total. The second kappa shape index (κ2) is 12.7. The van der Waals surface area contributed by atoms with Gasteiger partial charge in [0.1, 0.15) is 5.75 Å². The summed E-state index contributed by atoms with van der Waals surface area (Å²) in [5.74, 6) is 1.70. The van der Waals surface area contributed by atoms with Crippen molar-refractivity contribution < 1.29 is 4.74 Å². The fourth-order valence-electron chi connectivity index (χ4n) is 3.39. The smallest absolute Gasteiger partial charge is 0.191 e. The molecule has 5 nitrogen and oxygen atoms in total. The molecule has 0 amide bonds. The molecule has 1 fully saturated rings. The van der Waals surface area contributed by atoms with Crippen molar-refractivity contribution in [2.24, 2.45) is 4.99 Å². The fourth-order valence-corrected chi connectivity index (χ4v) is 3.39. The standard InChI is InChI=1S/C23H32N4O.HI/c1-3-24-23(26-17-20-10-12-22(28-2)13-11-20)25-16-19-6-8-21(9-7-19)18-27-14-4-5-15-27;/h6-13H,3-5,14-18H2,1-2H3,(H2,24,25,26);1H. The van der Waals surface area contributed by atoms with Crippen LogP contribution in [0, 0.1) is 0 Å². The lowest BCUT2D eigenvalue weighted by molar-refractivity contribution is 0.331. The molecule has 2 aromatic rings. The molecule has 0 atom stereocenters. The van der Waals surface area contributed by atoms with Crippen molar-refractivity contribution >= 4 is 29.9 Å². The van der Waals surface area contributed by atoms with Crippen molar-refractivity contribution in [2.45, 2.75) is 39.4 Å². The van der Waals surface area contributed by atoms with Gasteiger partial charge in [-0.05, 0) is 61.7 Å². The molecule has 1 aliphatic heterocycles. The number of halogens is 1. The number of hydrogen-bond acceptors (Lipinski definition) is 3. The van der Waals surface area contributed by atoms with E-state index in [2.05, 4.69) is 51.7 Å². The molecule has 1 saturated heterocycles. The van der Waals surface area contributed by atoms with Gasteiger partial charge in [0.25, 0.3) is 0 Å². The van der Waals surface area contributed by atoms with Gasteiger partial charge in [0.15, 0.2) is 5.96 Å². The zero-order valence-electron chi connectivity index (χ0n) is 17.5. The van der Waals surface area contributed by atoms with Crippen LogP contribution < -0.4 is 15.4 Å². The summed E-state index contributed by atoms with van der Waals surface area (Å²) in [5, 5.41) is 6.74. The number of aliphatic imine (C=N–C) groups is 1. The minimum Gasteiger partial charge on any atom is -0.497 e. The van der Waals surface area contributed by atoms with E-state index in [4.69, 9.17) is 4.74 Å². The molecule has 158 valence electrons. The van der Waals surface area contributed by atoms with Crippen molar-refractivity contribution in [2.75, 3.05) is 26.7 Å². The number of benzene rings is 2. The minimum atomic E-state index is 0. The van der Waals surface area contributed by atoms with E-state index in [0.29, 0.717) is 6.54 Å². The van der Waals surface area contributed by atoms with E-state index in [9.17, 15) is 0 Å². The first-order valence-electron chi connectivity index (χ1n) is 10.2. The first-order valence-corrected chi connectivity index (χ1v) is 10.2. The van der Waals surface area contributed by atoms with Gasteiger partial charge >= 0.3 is 0 Å². The van der Waals surface area contributed by atoms with Crippen molar-refractivity contribution in [3.05, 3.63) is 65.2 Å². The van der Waals surface area contributed by atoms with Gasteiger partial charge in [-0.1, -0.05) is 36.4 Å². The Morgan fingerprint density at radius 1 is 0.931 bits per heavy atom. The zero-order chi connectivity index (χ0) is 19.6. The number of hydrogen-bond donors (Lipinski definition) is 2. The van der Waals surface area contributed by atoms with Crippen LogP contribution in [-0.2, 0) is 19.6 Å². The average Bonchev–Trinajstić information content (AvgIpc) is 3.24. The maximum absolute atomic E-state index is 5.20. The van der Waals surface area contributed by atoms with Crippen molar-refractivity contribution in [3.63, 3.8) is 0 Å². The Bertz CT molecular complexity index is 740. The van der Waals surface area contributed by atoms with Gasteiger partial charge in [-0.25, -0.2) is 4.99 Å². The van der Waals surface area contributed by atoms with Crippen LogP contribution in [0.1, 0.15) is 36.5 Å². The van der Waals surface area contributed by atoms with E-state index >= 15 is 0 Å². The Labute approximate surface area is 192 Å². The number of ether oxygens (including phenoxy) is 1. The van der Waals surface area contributed by atoms with Gasteiger partial charge in [-0.3, -0.25) is 4.90 Å². The minimum absolute atomic E-state index is 0. The summed E-state index contributed by atoms with van der Waals surface area (Å²) < 4.78 is 5.20. The van der Waals surface area contributed by atoms with Gasteiger partial charge in [-0.15, -0.1) is 24.0 Å². The predicted molar refractivity (Wildman–Crippen MR) is 131 cm³/mol. The summed E-state index contributed by atoms with van der Waals surface area (Å²) in [4.78, 5) is 7.22. The zero-order valence-corrected chi connectivity index (χ0v) is 19.8. The molecule has 1 heterocycles. The molecule has 0 spiro atoms. The number of nitrogens with zero attached hydrogens (tertiary/aromatic N) is 2. The van der Waals surface area contributed by atoms with Gasteiger partial charge in [0, 0.05) is 19.6 Å². The Hall–Kier alpha value is -1.80. The van der Waals surface area contributed by atoms with Crippen LogP contribution in [0.4, 0.5) is 0 Å². The van der Waals surface area contributed by atoms with Crippen LogP contribution in [0.25, 0.3) is 0 Å². The molecule has 0 saturated carbocycles. The van der Waals surface area contributed by atoms with Crippen molar-refractivity contribution in [3.8, 4) is 5.75 Å². The lowest BCUT2D eigenvalue weighted by atomic mass is 10.1. The molecule has 1 aliphatic rings. The molecule has 0 aromatic heterocycles. The second-order valence-corrected chi connectivity index (χ2v) is 7.20. The van der Waals surface area contributed by atoms with Gasteiger partial charge in [-0.2, -0.15) is 0 Å². The lowest BCUT2D eigenvalue weighted by Crippen LogP contribution is -2.36. The fraction of sp³-hybridized carbons (Fsp3) is 0.435. The van der Waals surface area contributed by atoms with Crippen LogP contribution in [0.15, 0.2) is 53.5 Å². The Morgan fingerprint density at radius 2 is 1.55 bits per heavy atom. The number of rotatable bonds is 8. The third-order valence-corrected chi connectivity index (χ3v) is 5.01. The number of guanidine groups is 1. The normalized spacial score (nSPS) is 14.3. The van der Waals surface area contributed by atoms with Crippen LogP contribution >= 0.6 is 24.0 Å². The van der Waals surface area contributed by atoms with Crippen LogP contribution in [0.2, 0.25) is 0 Å². The van der Waals surface area contributed by atoms with E-state index in [1.165, 1.54) is 37.1 Å². The summed E-state index contributed by atoms with van der Waals surface area (Å²) in [6.07, 6.45) is 2.68. The number of nitrogens with one attached hydrogen (secondary N) is 2. The average molecular weight is 508 g/mol. The highest BCUT2D eigenvalue weighted by atomic mass is 127. The Balaban J connectivity index is 0.00000300. The van der Waals surface area contributed by atoms with Crippen LogP contribution in [0.3, 0.4) is 0 Å². The molecule has 0 aliphatic carbocycles. The first-order chi connectivity index (χ1) is 13.8. The largest absolute Gasteiger partial charge is 0.497 e. The highest BCUT2D eigenvalue weighted by Gasteiger charge is 2.11. The van der Waals surface area contributed by atoms with E-state index in [-0.39, 0.29) is 24.0 Å². The maximum atomic E-state index is 5.20. The van der Waals surface area contributed by atoms with E-state index in [1.54, 1.807) is 7.11 Å². The first kappa shape index (κ1) is 23.5. The molecule has 6 heteroatoms. The lowest BCUT2D eigenvalue weighted by Gasteiger charge is -2.15. The van der Waals surface area contributed by atoms with E-state index in [0.717, 1.165) is 36.9 Å². The van der Waals surface area contributed by atoms with Crippen LogP contribution in [-0.4, -0.2) is 37.6 Å². The number of likely N-dealkylation sites (tertiary alicyclic amines) is 1. The summed E-state index contributed by atoms with van der Waals surface area (Å²) in [6, 6.07) is 16.9. The molecule has 3 rings (SSSR count). The third kappa shape index (κ3) is 7.85. The van der Waals surface area contributed by atoms with Crippen molar-refractivity contribution in [1.29, 1.82) is 0 Å². The summed E-state index contributed by atoms with van der Waals surface area (Å²) in [6.45, 7) is 7.85. The topological polar surface area (TPSA) is 48.9 Å². The SMILES string of the molecule is CCNC(=NCc1ccc(OC)cc1)NCc1ccc(CN2CCCC2)cc1.I. The summed E-state index contributed by atoms with van der Waals surface area (Å²) >= 11 is 0. The highest BCUT2D eigenvalue weighted by Crippen LogP contribution is 2.14. The van der Waals surface area contributed by atoms with Gasteiger partial charge in [0.2, 0.25) is 0 Å². The van der Waals surface area contributed by atoms with Gasteiger partial charge < -0.3 is 15.4 Å². The maximum Gasteiger partial charge on any atom is 0.191 e. The van der Waals surface area contributed by atoms with E-state index in [1.807, 2.05) is 24.3 Å². The predicted octanol–water partition coefficient (Wildman–Crippen LogP) is 4.16. The Kier molecular flexibility index (Phi) is 10.3. The monoisotopic (exact) mass is 508 g/mol. The summed E-state index contributed by atoms with van der Waals surface area (Å²) in [7, 11) is 1.68. The highest BCUT2D eigenvalue weighted by molar-refractivity contribution is 14.0. The number of methoxy groups -OCH3 is 1. The second-order valence-electron chi connectivity index (χ2n) is 7.20. The van der Waals surface area contributed by atoms with E-state index < -0.39 is 0 Å². The molecular weight excluding hydrogens is 475 g/mol.